The maximum atomic E-state index is 13.0. The fraction of sp³-hybridized carbons (Fsp3) is 0.412. The Hall–Kier alpha value is -2.34. The number of para-hydroxylation sites is 2. The summed E-state index contributed by atoms with van der Waals surface area (Å²) in [6, 6.07) is 8.47. The molecule has 1 N–H and O–H groups in total. The number of fused-ring (bicyclic) bond motifs is 2. The van der Waals surface area contributed by atoms with Crippen LogP contribution in [0, 0.1) is 0 Å². The number of amides is 1. The number of carbonyl (C=O) groups is 1. The minimum absolute atomic E-state index is 0.0875. The summed E-state index contributed by atoms with van der Waals surface area (Å²) in [5.41, 5.74) is 0.762. The molecule has 2 aromatic rings. The van der Waals surface area contributed by atoms with Crippen molar-refractivity contribution in [3.8, 4) is 5.75 Å². The molecule has 6 nitrogen and oxygen atoms in total. The van der Waals surface area contributed by atoms with Crippen molar-refractivity contribution >= 4 is 11.6 Å². The average molecular weight is 313 g/mol. The molecule has 4 rings (SSSR count). The zero-order chi connectivity index (χ0) is 15.8. The molecule has 0 unspecified atom stereocenters. The third-order valence-corrected chi connectivity index (χ3v) is 4.78. The first-order valence-corrected chi connectivity index (χ1v) is 7.90. The van der Waals surface area contributed by atoms with E-state index in [1.54, 1.807) is 12.0 Å². The van der Waals surface area contributed by atoms with Crippen LogP contribution in [0.15, 0.2) is 41.1 Å². The van der Waals surface area contributed by atoms with Crippen LogP contribution in [0.2, 0.25) is 0 Å². The van der Waals surface area contributed by atoms with Crippen LogP contribution in [0.3, 0.4) is 0 Å². The van der Waals surface area contributed by atoms with Gasteiger partial charge in [0.05, 0.1) is 25.0 Å². The molecular formula is C17H19N3O3. The van der Waals surface area contributed by atoms with Gasteiger partial charge in [0, 0.05) is 12.1 Å². The number of aromatic nitrogens is 1. The van der Waals surface area contributed by atoms with Gasteiger partial charge in [0.2, 0.25) is 0 Å². The van der Waals surface area contributed by atoms with Crippen LogP contribution in [0.5, 0.6) is 5.75 Å². The number of ether oxygens (including phenoxy) is 1. The molecule has 0 spiro atoms. The van der Waals surface area contributed by atoms with Crippen molar-refractivity contribution in [3.63, 3.8) is 0 Å². The molecule has 0 saturated carbocycles. The van der Waals surface area contributed by atoms with Crippen molar-refractivity contribution in [1.82, 2.24) is 10.3 Å². The molecule has 0 radical (unpaired) electrons. The van der Waals surface area contributed by atoms with Gasteiger partial charge in [-0.3, -0.25) is 9.69 Å². The van der Waals surface area contributed by atoms with Gasteiger partial charge in [-0.1, -0.05) is 12.1 Å². The van der Waals surface area contributed by atoms with Gasteiger partial charge < -0.3 is 14.5 Å². The predicted octanol–water partition coefficient (Wildman–Crippen LogP) is 2.22. The molecule has 2 bridgehead atoms. The molecule has 2 fully saturated rings. The standard InChI is InChI=1S/C17H19N3O3/c1-22-15-5-3-2-4-13(15)20(17(21)16-18-8-9-23-16)14-10-11-6-7-12(14)19-11/h2-5,8-9,11-12,14,19H,6-7,10H2,1H3/t11-,12+,14-/m1/s1. The fourth-order valence-corrected chi connectivity index (χ4v) is 3.78. The van der Waals surface area contributed by atoms with Crippen LogP contribution in [0.1, 0.15) is 29.9 Å². The molecule has 1 aromatic heterocycles. The smallest absolute Gasteiger partial charge is 0.314 e. The minimum atomic E-state index is -0.223. The molecule has 3 heterocycles. The van der Waals surface area contributed by atoms with Gasteiger partial charge >= 0.3 is 5.91 Å². The highest BCUT2D eigenvalue weighted by molar-refractivity contribution is 6.04. The second-order valence-electron chi connectivity index (χ2n) is 6.03. The van der Waals surface area contributed by atoms with Crippen molar-refractivity contribution in [2.75, 3.05) is 12.0 Å². The highest BCUT2D eigenvalue weighted by Crippen LogP contribution is 2.38. The third-order valence-electron chi connectivity index (χ3n) is 4.78. The van der Waals surface area contributed by atoms with E-state index in [0.29, 0.717) is 17.8 Å². The van der Waals surface area contributed by atoms with E-state index in [9.17, 15) is 4.79 Å². The molecule has 0 aliphatic carbocycles. The quantitative estimate of drug-likeness (QED) is 0.937. The molecule has 3 atom stereocenters. The Morgan fingerprint density at radius 1 is 1.39 bits per heavy atom. The van der Waals surface area contributed by atoms with Crippen LogP contribution >= 0.6 is 0 Å². The number of hydrogen-bond acceptors (Lipinski definition) is 5. The molecule has 2 saturated heterocycles. The molecule has 2 aliphatic rings. The molecular weight excluding hydrogens is 294 g/mol. The van der Waals surface area contributed by atoms with E-state index in [0.717, 1.165) is 18.5 Å². The summed E-state index contributed by atoms with van der Waals surface area (Å²) in [4.78, 5) is 18.8. The van der Waals surface area contributed by atoms with Crippen molar-refractivity contribution < 1.29 is 13.9 Å². The Balaban J connectivity index is 1.76. The number of methoxy groups -OCH3 is 1. The Morgan fingerprint density at radius 2 is 2.26 bits per heavy atom. The van der Waals surface area contributed by atoms with E-state index in [2.05, 4.69) is 10.3 Å². The number of rotatable bonds is 4. The van der Waals surface area contributed by atoms with Gasteiger partial charge in [-0.15, -0.1) is 0 Å². The minimum Gasteiger partial charge on any atom is -0.495 e. The monoisotopic (exact) mass is 313 g/mol. The maximum absolute atomic E-state index is 13.0. The first kappa shape index (κ1) is 14.3. The van der Waals surface area contributed by atoms with E-state index in [-0.39, 0.29) is 17.8 Å². The second-order valence-corrected chi connectivity index (χ2v) is 6.03. The zero-order valence-corrected chi connectivity index (χ0v) is 12.9. The lowest BCUT2D eigenvalue weighted by molar-refractivity contribution is 0.0938. The van der Waals surface area contributed by atoms with Crippen molar-refractivity contribution in [2.45, 2.75) is 37.4 Å². The number of oxazole rings is 1. The molecule has 1 amide bonds. The summed E-state index contributed by atoms with van der Waals surface area (Å²) >= 11 is 0. The molecule has 120 valence electrons. The van der Waals surface area contributed by atoms with Crippen LogP contribution in [-0.4, -0.2) is 36.1 Å². The lowest BCUT2D eigenvalue weighted by Crippen LogP contribution is -2.47. The zero-order valence-electron chi connectivity index (χ0n) is 12.9. The molecule has 2 aliphatic heterocycles. The maximum Gasteiger partial charge on any atom is 0.314 e. The van der Waals surface area contributed by atoms with Crippen molar-refractivity contribution in [2.24, 2.45) is 0 Å². The summed E-state index contributed by atoms with van der Waals surface area (Å²) in [6.45, 7) is 0. The van der Waals surface area contributed by atoms with E-state index < -0.39 is 0 Å². The first-order chi connectivity index (χ1) is 11.3. The molecule has 1 aromatic carbocycles. The van der Waals surface area contributed by atoms with Crippen molar-refractivity contribution in [1.29, 1.82) is 0 Å². The molecule has 23 heavy (non-hydrogen) atoms. The van der Waals surface area contributed by atoms with Crippen LogP contribution in [-0.2, 0) is 0 Å². The van der Waals surface area contributed by atoms with Gasteiger partial charge in [-0.25, -0.2) is 4.98 Å². The average Bonchev–Trinajstić information content (AvgIpc) is 3.33. The summed E-state index contributed by atoms with van der Waals surface area (Å²) in [7, 11) is 1.62. The predicted molar refractivity (Wildman–Crippen MR) is 84.7 cm³/mol. The lowest BCUT2D eigenvalue weighted by atomic mass is 9.93. The van der Waals surface area contributed by atoms with E-state index >= 15 is 0 Å². The van der Waals surface area contributed by atoms with Gasteiger partial charge in [0.15, 0.2) is 0 Å². The van der Waals surface area contributed by atoms with Crippen LogP contribution < -0.4 is 15.0 Å². The summed E-state index contributed by atoms with van der Waals surface area (Å²) < 4.78 is 10.7. The normalized spacial score (nSPS) is 25.5. The largest absolute Gasteiger partial charge is 0.495 e. The van der Waals surface area contributed by atoms with Gasteiger partial charge in [-0.05, 0) is 31.4 Å². The number of carbonyl (C=O) groups excluding carboxylic acids is 1. The number of hydrogen-bond donors (Lipinski definition) is 1. The van der Waals surface area contributed by atoms with Gasteiger partial charge in [0.25, 0.3) is 5.89 Å². The summed E-state index contributed by atoms with van der Waals surface area (Å²) in [5, 5.41) is 3.58. The lowest BCUT2D eigenvalue weighted by Gasteiger charge is -2.33. The van der Waals surface area contributed by atoms with E-state index in [1.807, 2.05) is 24.3 Å². The highest BCUT2D eigenvalue weighted by Gasteiger charge is 2.45. The first-order valence-electron chi connectivity index (χ1n) is 7.90. The highest BCUT2D eigenvalue weighted by atomic mass is 16.5. The Bertz CT molecular complexity index is 701. The topological polar surface area (TPSA) is 67.6 Å². The van der Waals surface area contributed by atoms with Crippen LogP contribution in [0.4, 0.5) is 5.69 Å². The Labute approximate surface area is 134 Å². The second kappa shape index (κ2) is 5.70. The summed E-state index contributed by atoms with van der Waals surface area (Å²) in [6.07, 6.45) is 6.11. The Kier molecular flexibility index (Phi) is 3.53. The molecule has 6 heteroatoms. The summed E-state index contributed by atoms with van der Waals surface area (Å²) in [5.74, 6) is 0.563. The number of anilines is 1. The Morgan fingerprint density at radius 3 is 2.91 bits per heavy atom. The van der Waals surface area contributed by atoms with E-state index in [4.69, 9.17) is 9.15 Å². The third kappa shape index (κ3) is 2.39. The van der Waals surface area contributed by atoms with Gasteiger partial charge in [0.1, 0.15) is 12.0 Å². The van der Waals surface area contributed by atoms with Crippen LogP contribution in [0.25, 0.3) is 0 Å². The van der Waals surface area contributed by atoms with Crippen molar-refractivity contribution in [3.05, 3.63) is 42.6 Å². The van der Waals surface area contributed by atoms with E-state index in [1.165, 1.54) is 18.9 Å². The number of nitrogens with zero attached hydrogens (tertiary/aromatic N) is 2. The number of benzene rings is 1. The number of nitrogens with one attached hydrogen (secondary N) is 1. The fourth-order valence-electron chi connectivity index (χ4n) is 3.78. The SMILES string of the molecule is COc1ccccc1N(C(=O)c1ncco1)[C@@H]1C[C@H]2CC[C@@H]1N2. The van der Waals surface area contributed by atoms with Gasteiger partial charge in [-0.2, -0.15) is 0 Å².